The molecule has 2 aliphatic heterocycles. The van der Waals surface area contributed by atoms with E-state index in [2.05, 4.69) is 31.6 Å². The molecule has 0 saturated carbocycles. The molecule has 4 atom stereocenters. The van der Waals surface area contributed by atoms with E-state index in [-0.39, 0.29) is 24.1 Å². The van der Waals surface area contributed by atoms with Gasteiger partial charge in [-0.2, -0.15) is 0 Å². The Morgan fingerprint density at radius 2 is 1.66 bits per heavy atom. The molecule has 0 spiro atoms. The number of likely N-dealkylation sites (tertiary alicyclic amines) is 1. The second-order valence-corrected chi connectivity index (χ2v) is 10.5. The van der Waals surface area contributed by atoms with Crippen molar-refractivity contribution in [3.05, 3.63) is 52.4 Å². The van der Waals surface area contributed by atoms with E-state index >= 15 is 0 Å². The highest BCUT2D eigenvalue weighted by molar-refractivity contribution is 6.30. The lowest BCUT2D eigenvalue weighted by Crippen LogP contribution is -2.60. The van der Waals surface area contributed by atoms with Gasteiger partial charge in [-0.25, -0.2) is 9.97 Å². The van der Waals surface area contributed by atoms with Crippen molar-refractivity contribution >= 4 is 23.7 Å². The van der Waals surface area contributed by atoms with Crippen LogP contribution in [0.25, 0.3) is 0 Å². The summed E-state index contributed by atoms with van der Waals surface area (Å²) < 4.78 is 0. The maximum absolute atomic E-state index is 12.5. The fraction of sp³-hybridized carbons (Fsp3) is 0.577. The van der Waals surface area contributed by atoms with Crippen molar-refractivity contribution in [2.45, 2.75) is 56.4 Å². The SMILES string of the molecule is C[C@@H]1C[C@@H](O)c2ncnc(N3CCN(C(C(C=O)c4ccc(Cl)cc4)N4CCC(O)CC4)CC3)c21. The van der Waals surface area contributed by atoms with E-state index in [1.54, 1.807) is 6.33 Å². The average molecular weight is 500 g/mol. The third-order valence-corrected chi connectivity index (χ3v) is 8.11. The van der Waals surface area contributed by atoms with Crippen LogP contribution in [0.3, 0.4) is 0 Å². The second kappa shape index (κ2) is 10.5. The first-order valence-electron chi connectivity index (χ1n) is 12.6. The molecule has 188 valence electrons. The van der Waals surface area contributed by atoms with Gasteiger partial charge >= 0.3 is 0 Å². The summed E-state index contributed by atoms with van der Waals surface area (Å²) >= 11 is 6.12. The summed E-state index contributed by atoms with van der Waals surface area (Å²) in [6.45, 7) is 6.79. The van der Waals surface area contributed by atoms with E-state index in [1.807, 2.05) is 24.3 Å². The lowest BCUT2D eigenvalue weighted by atomic mass is 9.93. The summed E-state index contributed by atoms with van der Waals surface area (Å²) in [6, 6.07) is 7.57. The number of aldehydes is 1. The van der Waals surface area contributed by atoms with Gasteiger partial charge in [0.05, 0.1) is 30.0 Å². The molecule has 3 aliphatic rings. The minimum Gasteiger partial charge on any atom is -0.393 e. The van der Waals surface area contributed by atoms with Crippen LogP contribution in [0.4, 0.5) is 5.82 Å². The largest absolute Gasteiger partial charge is 0.393 e. The highest BCUT2D eigenvalue weighted by Gasteiger charge is 2.38. The van der Waals surface area contributed by atoms with Crippen LogP contribution in [0.15, 0.2) is 30.6 Å². The molecular formula is C26H34ClN5O3. The molecule has 1 aliphatic carbocycles. The highest BCUT2D eigenvalue weighted by Crippen LogP contribution is 2.43. The Balaban J connectivity index is 1.37. The normalized spacial score (nSPS) is 25.9. The molecule has 2 fully saturated rings. The standard InChI is InChI=1S/C26H34ClN5O3/c1-17-14-22(35)24-23(17)25(29-16-28-24)30-10-12-32(13-11-30)26(31-8-6-20(34)7-9-31)21(15-33)18-2-4-19(27)5-3-18/h2-5,15-17,20-22,26,34-35H,6-14H2,1H3/t17-,21?,22-,26?/m1/s1. The molecule has 5 rings (SSSR count). The molecule has 3 heterocycles. The number of anilines is 1. The fourth-order valence-corrected chi connectivity index (χ4v) is 6.12. The number of piperazine rings is 1. The van der Waals surface area contributed by atoms with Gasteiger partial charge in [0.25, 0.3) is 0 Å². The molecule has 1 aromatic heterocycles. The maximum Gasteiger partial charge on any atom is 0.135 e. The molecule has 0 bridgehead atoms. The number of benzene rings is 1. The third-order valence-electron chi connectivity index (χ3n) is 7.86. The number of fused-ring (bicyclic) bond motifs is 1. The molecule has 1 aromatic carbocycles. The van der Waals surface area contributed by atoms with Crippen molar-refractivity contribution in [1.82, 2.24) is 19.8 Å². The molecule has 2 saturated heterocycles. The van der Waals surface area contributed by atoms with Gasteiger partial charge in [0.1, 0.15) is 18.4 Å². The Morgan fingerprint density at radius 3 is 2.31 bits per heavy atom. The van der Waals surface area contributed by atoms with E-state index < -0.39 is 6.10 Å². The van der Waals surface area contributed by atoms with Crippen molar-refractivity contribution in [2.24, 2.45) is 0 Å². The zero-order chi connectivity index (χ0) is 24.5. The number of carbonyl (C=O) groups is 1. The van der Waals surface area contributed by atoms with Gasteiger partial charge < -0.3 is 19.9 Å². The Hall–Kier alpha value is -2.10. The summed E-state index contributed by atoms with van der Waals surface area (Å²) in [5.41, 5.74) is 2.79. The van der Waals surface area contributed by atoms with Crippen LogP contribution in [-0.4, -0.2) is 87.8 Å². The first kappa shape index (κ1) is 24.6. The van der Waals surface area contributed by atoms with Crippen molar-refractivity contribution < 1.29 is 15.0 Å². The fourth-order valence-electron chi connectivity index (χ4n) is 5.99. The number of hydrogen-bond acceptors (Lipinski definition) is 8. The zero-order valence-electron chi connectivity index (χ0n) is 20.1. The minimum atomic E-state index is -0.519. The zero-order valence-corrected chi connectivity index (χ0v) is 20.9. The predicted octanol–water partition coefficient (Wildman–Crippen LogP) is 2.56. The molecule has 2 N–H and O–H groups in total. The van der Waals surface area contributed by atoms with Crippen molar-refractivity contribution in [3.63, 3.8) is 0 Å². The number of aromatic nitrogens is 2. The quantitative estimate of drug-likeness (QED) is 0.586. The lowest BCUT2D eigenvalue weighted by molar-refractivity contribution is -0.114. The van der Waals surface area contributed by atoms with Gasteiger partial charge in [-0.15, -0.1) is 0 Å². The summed E-state index contributed by atoms with van der Waals surface area (Å²) in [5.74, 6) is 0.847. The number of halogens is 1. The number of rotatable bonds is 6. The molecule has 35 heavy (non-hydrogen) atoms. The van der Waals surface area contributed by atoms with Gasteiger partial charge in [-0.1, -0.05) is 30.7 Å². The van der Waals surface area contributed by atoms with E-state index in [1.165, 1.54) is 0 Å². The third kappa shape index (κ3) is 4.95. The number of aliphatic hydroxyl groups excluding tert-OH is 2. The van der Waals surface area contributed by atoms with Crippen LogP contribution in [0.2, 0.25) is 5.02 Å². The number of carbonyl (C=O) groups excluding carboxylic acids is 1. The highest BCUT2D eigenvalue weighted by atomic mass is 35.5. The van der Waals surface area contributed by atoms with Crippen LogP contribution in [0, 0.1) is 0 Å². The smallest absolute Gasteiger partial charge is 0.135 e. The van der Waals surface area contributed by atoms with Crippen LogP contribution in [-0.2, 0) is 4.79 Å². The summed E-state index contributed by atoms with van der Waals surface area (Å²) in [5, 5.41) is 21.1. The summed E-state index contributed by atoms with van der Waals surface area (Å²) in [4.78, 5) is 28.5. The molecule has 9 heteroatoms. The molecular weight excluding hydrogens is 466 g/mol. The Labute approximate surface area is 211 Å². The van der Waals surface area contributed by atoms with E-state index in [0.29, 0.717) is 11.4 Å². The predicted molar refractivity (Wildman–Crippen MR) is 135 cm³/mol. The van der Waals surface area contributed by atoms with Crippen LogP contribution in [0.1, 0.15) is 60.9 Å². The van der Waals surface area contributed by atoms with Gasteiger partial charge in [-0.3, -0.25) is 9.80 Å². The van der Waals surface area contributed by atoms with Crippen LogP contribution < -0.4 is 4.90 Å². The lowest BCUT2D eigenvalue weighted by Gasteiger charge is -2.48. The molecule has 8 nitrogen and oxygen atoms in total. The van der Waals surface area contributed by atoms with E-state index in [0.717, 1.165) is 81.0 Å². The van der Waals surface area contributed by atoms with E-state index in [9.17, 15) is 15.0 Å². The average Bonchev–Trinajstić information content (AvgIpc) is 3.17. The Morgan fingerprint density at radius 1 is 1.00 bits per heavy atom. The summed E-state index contributed by atoms with van der Waals surface area (Å²) in [7, 11) is 0. The maximum atomic E-state index is 12.5. The minimum absolute atomic E-state index is 0.0832. The first-order valence-corrected chi connectivity index (χ1v) is 13.0. The van der Waals surface area contributed by atoms with Crippen molar-refractivity contribution in [1.29, 1.82) is 0 Å². The van der Waals surface area contributed by atoms with Gasteiger partial charge in [0.2, 0.25) is 0 Å². The van der Waals surface area contributed by atoms with Crippen LogP contribution >= 0.6 is 11.6 Å². The Kier molecular flexibility index (Phi) is 7.37. The molecule has 0 amide bonds. The van der Waals surface area contributed by atoms with Gasteiger partial charge in [0, 0.05) is 49.9 Å². The first-order chi connectivity index (χ1) is 17.0. The topological polar surface area (TPSA) is 93.0 Å². The molecule has 0 radical (unpaired) electrons. The van der Waals surface area contributed by atoms with Gasteiger partial charge in [0.15, 0.2) is 0 Å². The summed E-state index contributed by atoms with van der Waals surface area (Å²) in [6.07, 6.45) is 3.87. The number of aliphatic hydroxyl groups is 2. The molecule has 2 aromatic rings. The number of hydrogen-bond donors (Lipinski definition) is 2. The van der Waals surface area contributed by atoms with E-state index in [4.69, 9.17) is 11.6 Å². The van der Waals surface area contributed by atoms with Gasteiger partial charge in [-0.05, 0) is 42.9 Å². The number of nitrogens with zero attached hydrogens (tertiary/aromatic N) is 5. The van der Waals surface area contributed by atoms with Crippen molar-refractivity contribution in [3.8, 4) is 0 Å². The monoisotopic (exact) mass is 499 g/mol. The van der Waals surface area contributed by atoms with Crippen molar-refractivity contribution in [2.75, 3.05) is 44.2 Å². The number of piperidine rings is 1. The second-order valence-electron chi connectivity index (χ2n) is 10.1. The van der Waals surface area contributed by atoms with Crippen LogP contribution in [0.5, 0.6) is 0 Å². The molecule has 2 unspecified atom stereocenters. The Bertz CT molecular complexity index is 1020.